The third kappa shape index (κ3) is 3.95. The van der Waals surface area contributed by atoms with Gasteiger partial charge < -0.3 is 9.80 Å². The molecule has 0 bridgehead atoms. The second-order valence-electron chi connectivity index (χ2n) is 12.3. The summed E-state index contributed by atoms with van der Waals surface area (Å²) in [6, 6.07) is 55.7. The van der Waals surface area contributed by atoms with E-state index in [-0.39, 0.29) is 13.4 Å². The van der Waals surface area contributed by atoms with E-state index in [9.17, 15) is 0 Å². The number of fused-ring (bicyclic) bond motifs is 7. The predicted molar refractivity (Wildman–Crippen MR) is 200 cm³/mol. The van der Waals surface area contributed by atoms with Crippen molar-refractivity contribution < 1.29 is 0 Å². The second-order valence-corrected chi connectivity index (χ2v) is 13.4. The third-order valence-electron chi connectivity index (χ3n) is 9.86. The summed E-state index contributed by atoms with van der Waals surface area (Å²) >= 11 is 1.89. The van der Waals surface area contributed by atoms with Crippen LogP contribution in [0.5, 0.6) is 0 Å². The number of hydrogen-bond acceptors (Lipinski definition) is 4. The minimum atomic E-state index is 0.0899. The highest BCUT2D eigenvalue weighted by Crippen LogP contribution is 2.55. The van der Waals surface area contributed by atoms with Gasteiger partial charge in [-0.2, -0.15) is 0 Å². The molecule has 0 saturated carbocycles. The van der Waals surface area contributed by atoms with E-state index < -0.39 is 0 Å². The highest BCUT2D eigenvalue weighted by molar-refractivity contribution is 8.00. The minimum absolute atomic E-state index is 0.0899. The predicted octanol–water partition coefficient (Wildman–Crippen LogP) is 6.15. The molecule has 3 aliphatic rings. The monoisotopic (exact) mass is 615 g/mol. The normalized spacial score (nSPS) is 13.7. The first kappa shape index (κ1) is 26.7. The molecule has 6 heteroatoms. The summed E-state index contributed by atoms with van der Waals surface area (Å²) in [5.74, 6) is 0. The maximum atomic E-state index is 4.42. The summed E-state index contributed by atoms with van der Waals surface area (Å²) in [5.41, 5.74) is 15.3. The van der Waals surface area contributed by atoms with Crippen molar-refractivity contribution in [3.05, 3.63) is 164 Å². The van der Waals surface area contributed by atoms with E-state index in [2.05, 4.69) is 166 Å². The maximum absolute atomic E-state index is 4.42. The van der Waals surface area contributed by atoms with Crippen LogP contribution in [0.2, 0.25) is 0 Å². The van der Waals surface area contributed by atoms with Crippen molar-refractivity contribution in [3.63, 3.8) is 0 Å². The summed E-state index contributed by atoms with van der Waals surface area (Å²) in [6.07, 6.45) is 3.82. The van der Waals surface area contributed by atoms with E-state index in [1.807, 2.05) is 24.2 Å². The van der Waals surface area contributed by atoms with Gasteiger partial charge in [0.05, 0.1) is 22.0 Å². The van der Waals surface area contributed by atoms with E-state index in [0.29, 0.717) is 0 Å². The number of pyridine rings is 1. The van der Waals surface area contributed by atoms with Crippen LogP contribution in [-0.4, -0.2) is 18.4 Å². The summed E-state index contributed by atoms with van der Waals surface area (Å²) in [4.78, 5) is 11.9. The zero-order chi connectivity index (χ0) is 30.9. The lowest BCUT2D eigenvalue weighted by Gasteiger charge is -2.45. The second kappa shape index (κ2) is 10.5. The number of hydrogen-bond donors (Lipinski definition) is 0. The zero-order valence-corrected chi connectivity index (χ0v) is 26.3. The van der Waals surface area contributed by atoms with Crippen LogP contribution in [0.25, 0.3) is 0 Å². The van der Waals surface area contributed by atoms with Crippen LogP contribution in [-0.2, 0) is 0 Å². The summed E-state index contributed by atoms with van der Waals surface area (Å²) in [6.45, 7) is 0.200. The van der Waals surface area contributed by atoms with Crippen molar-refractivity contribution >= 4 is 92.1 Å². The van der Waals surface area contributed by atoms with Crippen molar-refractivity contribution in [1.29, 1.82) is 0 Å². The van der Waals surface area contributed by atoms with Gasteiger partial charge in [-0.25, -0.2) is 0 Å². The Hall–Kier alpha value is -5.45. The highest BCUT2D eigenvalue weighted by Gasteiger charge is 2.47. The van der Waals surface area contributed by atoms with Crippen molar-refractivity contribution in [2.45, 2.75) is 9.79 Å². The molecular formula is C41H27B2N3S. The molecule has 6 aromatic carbocycles. The Kier molecular flexibility index (Phi) is 6.00. The van der Waals surface area contributed by atoms with Gasteiger partial charge in [0.1, 0.15) is 0 Å². The van der Waals surface area contributed by atoms with E-state index in [0.717, 1.165) is 11.4 Å². The first-order chi connectivity index (χ1) is 23.4. The number of rotatable bonds is 3. The molecule has 7 aromatic rings. The molecule has 0 saturated heterocycles. The molecule has 0 radical (unpaired) electrons. The minimum Gasteiger partial charge on any atom is -0.310 e. The van der Waals surface area contributed by atoms with Gasteiger partial charge in [0.25, 0.3) is 0 Å². The number of nitrogens with zero attached hydrogens (tertiary/aromatic N) is 3. The van der Waals surface area contributed by atoms with E-state index in [4.69, 9.17) is 0 Å². The Bertz CT molecular complexity index is 2300. The van der Waals surface area contributed by atoms with Gasteiger partial charge in [-0.15, -0.1) is 0 Å². The zero-order valence-electron chi connectivity index (χ0n) is 25.5. The van der Waals surface area contributed by atoms with Crippen LogP contribution >= 0.6 is 11.8 Å². The number of anilines is 6. The summed E-state index contributed by atoms with van der Waals surface area (Å²) < 4.78 is 0. The number of aromatic nitrogens is 1. The molecular weight excluding hydrogens is 588 g/mol. The molecule has 0 spiro atoms. The summed E-state index contributed by atoms with van der Waals surface area (Å²) in [7, 11) is 0. The largest absolute Gasteiger partial charge is 0.310 e. The third-order valence-corrected chi connectivity index (χ3v) is 11.0. The molecule has 3 aliphatic heterocycles. The Balaban J connectivity index is 1.38. The Morgan fingerprint density at radius 2 is 1.06 bits per heavy atom. The lowest BCUT2D eigenvalue weighted by atomic mass is 9.20. The molecule has 4 heterocycles. The Morgan fingerprint density at radius 1 is 0.468 bits per heavy atom. The Morgan fingerprint density at radius 3 is 1.83 bits per heavy atom. The summed E-state index contributed by atoms with van der Waals surface area (Å²) in [5, 5.41) is 0. The fraction of sp³-hybridized carbons (Fsp3) is 0. The molecule has 1 aromatic heterocycles. The number of para-hydroxylation sites is 3. The highest BCUT2D eigenvalue weighted by atomic mass is 32.2. The van der Waals surface area contributed by atoms with Gasteiger partial charge in [-0.1, -0.05) is 137 Å². The first-order valence-electron chi connectivity index (χ1n) is 16.1. The smallest absolute Gasteiger partial charge is 0.245 e. The van der Waals surface area contributed by atoms with Gasteiger partial charge in [0, 0.05) is 34.4 Å². The van der Waals surface area contributed by atoms with Gasteiger partial charge in [-0.05, 0) is 59.5 Å². The molecule has 10 rings (SSSR count). The van der Waals surface area contributed by atoms with Gasteiger partial charge in [0.15, 0.2) is 0 Å². The van der Waals surface area contributed by atoms with Crippen molar-refractivity contribution in [2.75, 3.05) is 9.80 Å². The van der Waals surface area contributed by atoms with Crippen LogP contribution in [0.15, 0.2) is 174 Å². The molecule has 47 heavy (non-hydrogen) atoms. The molecule has 0 atom stereocenters. The van der Waals surface area contributed by atoms with Crippen molar-refractivity contribution in [3.8, 4) is 0 Å². The van der Waals surface area contributed by atoms with Gasteiger partial charge >= 0.3 is 0 Å². The fourth-order valence-electron chi connectivity index (χ4n) is 8.03. The van der Waals surface area contributed by atoms with Gasteiger partial charge in [0.2, 0.25) is 13.4 Å². The average molecular weight is 615 g/mol. The van der Waals surface area contributed by atoms with Crippen LogP contribution in [0.3, 0.4) is 0 Å². The van der Waals surface area contributed by atoms with Crippen LogP contribution in [0, 0.1) is 0 Å². The number of benzene rings is 6. The standard InChI is InChI=1S/C41H27B2N3S/c1-3-13-28(14-4-1)42-31-17-7-8-18-32(31)43-33-19-9-10-20-35(33)46(30-23-25-44-26-24-30)40-39(43)34(42)27-37-41(40)47-38-22-12-11-21-36(38)45(37)29-15-5-2-6-16-29/h1-27H. The van der Waals surface area contributed by atoms with Crippen molar-refractivity contribution in [1.82, 2.24) is 4.98 Å². The Labute approximate surface area is 279 Å². The molecule has 218 valence electrons. The average Bonchev–Trinajstić information content (AvgIpc) is 3.15. The molecule has 0 amide bonds. The van der Waals surface area contributed by atoms with E-state index >= 15 is 0 Å². The van der Waals surface area contributed by atoms with E-state index in [1.165, 1.54) is 65.3 Å². The molecule has 0 unspecified atom stereocenters. The lowest BCUT2D eigenvalue weighted by molar-refractivity contribution is 1.14. The maximum Gasteiger partial charge on any atom is 0.245 e. The SMILES string of the molecule is c1ccc(B2c3ccccc3B3c4ccccc4N(c4ccncc4)c4c5c(cc2c43)N(c2ccccc2)c2ccccc2S5)cc1. The topological polar surface area (TPSA) is 19.4 Å². The van der Waals surface area contributed by atoms with Gasteiger partial charge in [-0.3, -0.25) is 4.98 Å². The quantitative estimate of drug-likeness (QED) is 0.222. The first-order valence-corrected chi connectivity index (χ1v) is 16.9. The van der Waals surface area contributed by atoms with Crippen LogP contribution < -0.4 is 42.6 Å². The molecule has 0 fully saturated rings. The molecule has 0 N–H and O–H groups in total. The molecule has 3 nitrogen and oxygen atoms in total. The van der Waals surface area contributed by atoms with Crippen molar-refractivity contribution in [2.24, 2.45) is 0 Å². The lowest BCUT2D eigenvalue weighted by Crippen LogP contribution is -2.76. The molecule has 0 aliphatic carbocycles. The van der Waals surface area contributed by atoms with E-state index in [1.54, 1.807) is 0 Å². The van der Waals surface area contributed by atoms with Crippen LogP contribution in [0.4, 0.5) is 34.1 Å². The fourth-order valence-corrected chi connectivity index (χ4v) is 9.21. The van der Waals surface area contributed by atoms with Crippen LogP contribution in [0.1, 0.15) is 0 Å².